The van der Waals surface area contributed by atoms with Gasteiger partial charge in [0.05, 0.1) is 16.6 Å². The first-order valence-electron chi connectivity index (χ1n) is 5.38. The Morgan fingerprint density at radius 2 is 2.28 bits per heavy atom. The van der Waals surface area contributed by atoms with Gasteiger partial charge in [-0.15, -0.1) is 11.3 Å². The number of nitrogens with zero attached hydrogens (tertiary/aromatic N) is 1. The average Bonchev–Trinajstić information content (AvgIpc) is 2.84. The number of anilines is 2. The maximum absolute atomic E-state index is 12.0. The Balaban J connectivity index is 1.98. The third-order valence-electron chi connectivity index (χ3n) is 2.28. The molecular weight excluding hydrogens is 266 g/mol. The summed E-state index contributed by atoms with van der Waals surface area (Å²) in [6.07, 6.45) is 1.73. The van der Waals surface area contributed by atoms with Crippen LogP contribution in [0.5, 0.6) is 0 Å². The first-order valence-corrected chi connectivity index (χ1v) is 7.14. The Hall–Kier alpha value is -1.53. The van der Waals surface area contributed by atoms with E-state index in [9.17, 15) is 4.79 Å². The zero-order chi connectivity index (χ0) is 13.0. The highest BCUT2D eigenvalue weighted by Gasteiger charge is 2.16. The number of para-hydroxylation sites is 2. The third-order valence-corrected chi connectivity index (χ3v) is 4.29. The normalized spacial score (nSPS) is 12.1. The molecule has 2 aromatic rings. The number of nitrogens with two attached hydrogens (primary N) is 1. The first-order chi connectivity index (χ1) is 8.66. The average molecular weight is 279 g/mol. The summed E-state index contributed by atoms with van der Waals surface area (Å²) in [5.41, 5.74) is 6.99. The van der Waals surface area contributed by atoms with Gasteiger partial charge in [0.25, 0.3) is 0 Å². The van der Waals surface area contributed by atoms with Crippen LogP contribution in [-0.4, -0.2) is 16.1 Å². The van der Waals surface area contributed by atoms with Gasteiger partial charge in [-0.1, -0.05) is 23.9 Å². The second-order valence-corrected chi connectivity index (χ2v) is 6.12. The minimum Gasteiger partial charge on any atom is -0.397 e. The molecule has 1 heterocycles. The van der Waals surface area contributed by atoms with E-state index in [1.54, 1.807) is 18.3 Å². The van der Waals surface area contributed by atoms with Crippen molar-refractivity contribution in [2.24, 2.45) is 0 Å². The van der Waals surface area contributed by atoms with Crippen LogP contribution in [0.4, 0.5) is 11.4 Å². The Labute approximate surface area is 114 Å². The van der Waals surface area contributed by atoms with Gasteiger partial charge in [0.1, 0.15) is 0 Å². The molecule has 18 heavy (non-hydrogen) atoms. The number of aromatic nitrogens is 1. The van der Waals surface area contributed by atoms with Gasteiger partial charge in [-0.3, -0.25) is 4.79 Å². The molecule has 1 aromatic carbocycles. The molecule has 94 valence electrons. The van der Waals surface area contributed by atoms with E-state index in [1.165, 1.54) is 23.1 Å². The molecule has 1 atom stereocenters. The first kappa shape index (κ1) is 12.9. The van der Waals surface area contributed by atoms with E-state index in [2.05, 4.69) is 10.3 Å². The van der Waals surface area contributed by atoms with Crippen molar-refractivity contribution in [3.05, 3.63) is 35.8 Å². The number of thiazole rings is 1. The summed E-state index contributed by atoms with van der Waals surface area (Å²) in [5.74, 6) is -0.0758. The van der Waals surface area contributed by atoms with Crippen molar-refractivity contribution < 1.29 is 4.79 Å². The van der Waals surface area contributed by atoms with Gasteiger partial charge in [0.2, 0.25) is 5.91 Å². The van der Waals surface area contributed by atoms with Crippen LogP contribution in [0.3, 0.4) is 0 Å². The van der Waals surface area contributed by atoms with Gasteiger partial charge >= 0.3 is 0 Å². The Bertz CT molecular complexity index is 528. The van der Waals surface area contributed by atoms with E-state index >= 15 is 0 Å². The topological polar surface area (TPSA) is 68.0 Å². The van der Waals surface area contributed by atoms with E-state index in [0.29, 0.717) is 11.4 Å². The molecule has 0 fully saturated rings. The highest BCUT2D eigenvalue weighted by molar-refractivity contribution is 8.02. The van der Waals surface area contributed by atoms with Gasteiger partial charge in [-0.05, 0) is 19.1 Å². The molecule has 1 unspecified atom stereocenters. The number of carbonyl (C=O) groups is 1. The molecule has 3 N–H and O–H groups in total. The molecule has 0 spiro atoms. The number of amides is 1. The van der Waals surface area contributed by atoms with Gasteiger partial charge < -0.3 is 11.1 Å². The van der Waals surface area contributed by atoms with Crippen molar-refractivity contribution in [3.63, 3.8) is 0 Å². The van der Waals surface area contributed by atoms with Crippen molar-refractivity contribution in [1.82, 2.24) is 4.98 Å². The van der Waals surface area contributed by atoms with E-state index in [4.69, 9.17) is 5.73 Å². The number of rotatable bonds is 4. The standard InChI is InChI=1S/C12H13N3OS2/c1-8(18-12-14-6-7-17-12)11(16)15-10-5-3-2-4-9(10)13/h2-8H,13H2,1H3,(H,15,16). The number of carbonyl (C=O) groups excluding carboxylic acids is 1. The van der Waals surface area contributed by atoms with Crippen LogP contribution >= 0.6 is 23.1 Å². The van der Waals surface area contributed by atoms with Crippen molar-refractivity contribution >= 4 is 40.4 Å². The number of hydrogen-bond donors (Lipinski definition) is 2. The summed E-state index contributed by atoms with van der Waals surface area (Å²) in [4.78, 5) is 16.1. The maximum atomic E-state index is 12.0. The van der Waals surface area contributed by atoms with Crippen molar-refractivity contribution in [3.8, 4) is 0 Å². The number of hydrogen-bond acceptors (Lipinski definition) is 5. The number of nitrogens with one attached hydrogen (secondary N) is 1. The largest absolute Gasteiger partial charge is 0.397 e. The zero-order valence-electron chi connectivity index (χ0n) is 9.79. The second kappa shape index (κ2) is 5.88. The molecule has 4 nitrogen and oxygen atoms in total. The van der Waals surface area contributed by atoms with Crippen LogP contribution in [0, 0.1) is 0 Å². The summed E-state index contributed by atoms with van der Waals surface area (Å²) in [7, 11) is 0. The fourth-order valence-electron chi connectivity index (χ4n) is 1.32. The fourth-order valence-corrected chi connectivity index (χ4v) is 3.09. The Morgan fingerprint density at radius 3 is 2.94 bits per heavy atom. The molecule has 0 radical (unpaired) electrons. The lowest BCUT2D eigenvalue weighted by Crippen LogP contribution is -2.22. The third kappa shape index (κ3) is 3.24. The van der Waals surface area contributed by atoms with Gasteiger partial charge in [-0.2, -0.15) is 0 Å². The van der Waals surface area contributed by atoms with Crippen LogP contribution in [0.25, 0.3) is 0 Å². The molecule has 0 saturated heterocycles. The highest BCUT2D eigenvalue weighted by atomic mass is 32.2. The molecule has 1 aromatic heterocycles. The van der Waals surface area contributed by atoms with Gasteiger partial charge in [0.15, 0.2) is 4.34 Å². The van der Waals surface area contributed by atoms with Crippen LogP contribution in [0.2, 0.25) is 0 Å². The Morgan fingerprint density at radius 1 is 1.50 bits per heavy atom. The predicted molar refractivity (Wildman–Crippen MR) is 76.9 cm³/mol. The number of benzene rings is 1. The lowest BCUT2D eigenvalue weighted by molar-refractivity contribution is -0.115. The SMILES string of the molecule is CC(Sc1nccs1)C(=O)Nc1ccccc1N. The molecule has 0 aliphatic rings. The number of thioether (sulfide) groups is 1. The zero-order valence-corrected chi connectivity index (χ0v) is 11.4. The molecule has 6 heteroatoms. The van der Waals surface area contributed by atoms with Gasteiger partial charge in [0, 0.05) is 11.6 Å². The summed E-state index contributed by atoms with van der Waals surface area (Å²) >= 11 is 2.96. The van der Waals surface area contributed by atoms with E-state index in [1.807, 2.05) is 24.4 Å². The molecule has 2 rings (SSSR count). The van der Waals surface area contributed by atoms with Crippen LogP contribution in [0.15, 0.2) is 40.2 Å². The summed E-state index contributed by atoms with van der Waals surface area (Å²) in [6, 6.07) is 7.21. The second-order valence-electron chi connectivity index (χ2n) is 3.63. The van der Waals surface area contributed by atoms with E-state index in [-0.39, 0.29) is 11.2 Å². The smallest absolute Gasteiger partial charge is 0.237 e. The van der Waals surface area contributed by atoms with Crippen molar-refractivity contribution in [1.29, 1.82) is 0 Å². The minimum absolute atomic E-state index is 0.0758. The molecule has 0 aliphatic carbocycles. The summed E-state index contributed by atoms with van der Waals surface area (Å²) in [5, 5.41) is 4.49. The van der Waals surface area contributed by atoms with Crippen LogP contribution in [-0.2, 0) is 4.79 Å². The molecule has 1 amide bonds. The van der Waals surface area contributed by atoms with E-state index < -0.39 is 0 Å². The highest BCUT2D eigenvalue weighted by Crippen LogP contribution is 2.26. The molecular formula is C12H13N3OS2. The molecule has 0 aliphatic heterocycles. The van der Waals surface area contributed by atoms with Crippen LogP contribution < -0.4 is 11.1 Å². The quantitative estimate of drug-likeness (QED) is 0.667. The predicted octanol–water partition coefficient (Wildman–Crippen LogP) is 2.84. The summed E-state index contributed by atoms with van der Waals surface area (Å²) in [6.45, 7) is 1.85. The van der Waals surface area contributed by atoms with Gasteiger partial charge in [-0.25, -0.2) is 4.98 Å². The fraction of sp³-hybridized carbons (Fsp3) is 0.167. The minimum atomic E-state index is -0.212. The lowest BCUT2D eigenvalue weighted by atomic mass is 10.2. The van der Waals surface area contributed by atoms with Crippen molar-refractivity contribution in [2.75, 3.05) is 11.1 Å². The lowest BCUT2D eigenvalue weighted by Gasteiger charge is -2.11. The van der Waals surface area contributed by atoms with Crippen molar-refractivity contribution in [2.45, 2.75) is 16.5 Å². The molecule has 0 saturated carbocycles. The van der Waals surface area contributed by atoms with E-state index in [0.717, 1.165) is 4.34 Å². The summed E-state index contributed by atoms with van der Waals surface area (Å²) < 4.78 is 0.888. The van der Waals surface area contributed by atoms with Crippen LogP contribution in [0.1, 0.15) is 6.92 Å². The number of nitrogen functional groups attached to an aromatic ring is 1. The Kier molecular flexibility index (Phi) is 4.22. The monoisotopic (exact) mass is 279 g/mol. The maximum Gasteiger partial charge on any atom is 0.237 e. The molecule has 0 bridgehead atoms.